The zero-order valence-corrected chi connectivity index (χ0v) is 10.1. The van der Waals surface area contributed by atoms with E-state index in [4.69, 9.17) is 4.52 Å². The van der Waals surface area contributed by atoms with Gasteiger partial charge in [-0.1, -0.05) is 25.9 Å². The third kappa shape index (κ3) is 3.63. The average Bonchev–Trinajstić information content (AvgIpc) is 2.73. The first-order chi connectivity index (χ1) is 7.17. The third-order valence-electron chi connectivity index (χ3n) is 2.75. The van der Waals surface area contributed by atoms with Crippen molar-refractivity contribution in [1.82, 2.24) is 15.5 Å². The van der Waals surface area contributed by atoms with Crippen LogP contribution in [0.4, 0.5) is 0 Å². The molecule has 0 fully saturated rings. The zero-order valence-electron chi connectivity index (χ0n) is 10.1. The van der Waals surface area contributed by atoms with Crippen molar-refractivity contribution in [3.05, 3.63) is 11.7 Å². The Bertz CT molecular complexity index is 285. The van der Waals surface area contributed by atoms with E-state index >= 15 is 0 Å². The molecular formula is C11H21N3O. The summed E-state index contributed by atoms with van der Waals surface area (Å²) in [5, 5.41) is 7.29. The van der Waals surface area contributed by atoms with Gasteiger partial charge in [-0.3, -0.25) is 0 Å². The first-order valence-electron chi connectivity index (χ1n) is 5.73. The fourth-order valence-electron chi connectivity index (χ4n) is 1.13. The highest BCUT2D eigenvalue weighted by Crippen LogP contribution is 2.14. The topological polar surface area (TPSA) is 51.0 Å². The van der Waals surface area contributed by atoms with Gasteiger partial charge in [0, 0.05) is 12.0 Å². The minimum Gasteiger partial charge on any atom is -0.338 e. The molecule has 4 heteroatoms. The summed E-state index contributed by atoms with van der Waals surface area (Å²) in [7, 11) is 0. The van der Waals surface area contributed by atoms with Crippen LogP contribution in [-0.4, -0.2) is 16.2 Å². The van der Waals surface area contributed by atoms with Crippen LogP contribution in [0.5, 0.6) is 0 Å². The molecule has 0 aliphatic heterocycles. The fraction of sp³-hybridized carbons (Fsp3) is 0.818. The van der Waals surface area contributed by atoms with Crippen molar-refractivity contribution < 1.29 is 4.52 Å². The molecule has 2 unspecified atom stereocenters. The van der Waals surface area contributed by atoms with Crippen molar-refractivity contribution in [2.24, 2.45) is 0 Å². The van der Waals surface area contributed by atoms with E-state index in [1.807, 2.05) is 0 Å². The number of nitrogens with zero attached hydrogens (tertiary/aromatic N) is 2. The lowest BCUT2D eigenvalue weighted by Gasteiger charge is -2.07. The summed E-state index contributed by atoms with van der Waals surface area (Å²) in [5.74, 6) is 1.88. The van der Waals surface area contributed by atoms with Gasteiger partial charge in [-0.15, -0.1) is 0 Å². The third-order valence-corrected chi connectivity index (χ3v) is 2.75. The second-order valence-electron chi connectivity index (χ2n) is 4.05. The summed E-state index contributed by atoms with van der Waals surface area (Å²) in [6.07, 6.45) is 2.14. The second kappa shape index (κ2) is 5.85. The van der Waals surface area contributed by atoms with E-state index in [1.165, 1.54) is 0 Å². The quantitative estimate of drug-likeness (QED) is 0.785. The summed E-state index contributed by atoms with van der Waals surface area (Å²) in [6.45, 7) is 9.19. The maximum atomic E-state index is 5.16. The molecular weight excluding hydrogens is 190 g/mol. The van der Waals surface area contributed by atoms with Crippen molar-refractivity contribution in [1.29, 1.82) is 0 Å². The number of nitrogens with one attached hydrogen (secondary N) is 1. The minimum atomic E-state index is 0.381. The van der Waals surface area contributed by atoms with Crippen LogP contribution in [0.3, 0.4) is 0 Å². The molecule has 1 N–H and O–H groups in total. The van der Waals surface area contributed by atoms with E-state index < -0.39 is 0 Å². The molecule has 4 nitrogen and oxygen atoms in total. The first kappa shape index (κ1) is 12.2. The fourth-order valence-corrected chi connectivity index (χ4v) is 1.13. The largest absolute Gasteiger partial charge is 0.338 e. The van der Waals surface area contributed by atoms with Crippen LogP contribution >= 0.6 is 0 Å². The summed E-state index contributed by atoms with van der Waals surface area (Å²) in [4.78, 5) is 4.35. The standard InChI is InChI=1S/C11H21N3O/c1-5-8(3)11-13-10(15-14-11)7-12-9(4)6-2/h8-9,12H,5-7H2,1-4H3. The zero-order chi connectivity index (χ0) is 11.3. The van der Waals surface area contributed by atoms with Crippen LogP contribution in [0.25, 0.3) is 0 Å². The molecule has 1 aromatic heterocycles. The summed E-state index contributed by atoms with van der Waals surface area (Å²) in [5.41, 5.74) is 0. The van der Waals surface area contributed by atoms with Crippen LogP contribution in [0.2, 0.25) is 0 Å². The van der Waals surface area contributed by atoms with Gasteiger partial charge < -0.3 is 9.84 Å². The lowest BCUT2D eigenvalue weighted by Crippen LogP contribution is -2.24. The molecule has 86 valence electrons. The molecule has 1 aromatic rings. The lowest BCUT2D eigenvalue weighted by atomic mass is 10.1. The van der Waals surface area contributed by atoms with E-state index in [0.29, 0.717) is 24.4 Å². The van der Waals surface area contributed by atoms with Gasteiger partial charge in [0.25, 0.3) is 0 Å². The molecule has 0 spiro atoms. The molecule has 15 heavy (non-hydrogen) atoms. The predicted molar refractivity (Wildman–Crippen MR) is 59.6 cm³/mol. The van der Waals surface area contributed by atoms with E-state index in [0.717, 1.165) is 18.7 Å². The van der Waals surface area contributed by atoms with Gasteiger partial charge in [0.2, 0.25) is 5.89 Å². The van der Waals surface area contributed by atoms with Gasteiger partial charge in [0.05, 0.1) is 6.54 Å². The Hall–Kier alpha value is -0.900. The molecule has 1 rings (SSSR count). The Morgan fingerprint density at radius 2 is 2.00 bits per heavy atom. The monoisotopic (exact) mass is 211 g/mol. The number of rotatable bonds is 6. The predicted octanol–water partition coefficient (Wildman–Crippen LogP) is 2.47. The summed E-state index contributed by atoms with van der Waals surface area (Å²) < 4.78 is 5.16. The number of hydrogen-bond donors (Lipinski definition) is 1. The van der Waals surface area contributed by atoms with Crippen molar-refractivity contribution in [3.8, 4) is 0 Å². The normalized spacial score (nSPS) is 15.2. The smallest absolute Gasteiger partial charge is 0.240 e. The Morgan fingerprint density at radius 1 is 1.27 bits per heavy atom. The number of aromatic nitrogens is 2. The Morgan fingerprint density at radius 3 is 2.60 bits per heavy atom. The van der Waals surface area contributed by atoms with Crippen molar-refractivity contribution in [3.63, 3.8) is 0 Å². The first-order valence-corrected chi connectivity index (χ1v) is 5.73. The molecule has 2 atom stereocenters. The second-order valence-corrected chi connectivity index (χ2v) is 4.05. The highest BCUT2D eigenvalue weighted by Gasteiger charge is 2.11. The Kier molecular flexibility index (Phi) is 4.75. The van der Waals surface area contributed by atoms with E-state index in [-0.39, 0.29) is 0 Å². The lowest BCUT2D eigenvalue weighted by molar-refractivity contribution is 0.352. The highest BCUT2D eigenvalue weighted by molar-refractivity contribution is 4.92. The molecule has 0 radical (unpaired) electrons. The van der Waals surface area contributed by atoms with E-state index in [9.17, 15) is 0 Å². The maximum absolute atomic E-state index is 5.16. The van der Waals surface area contributed by atoms with Gasteiger partial charge in [-0.25, -0.2) is 0 Å². The average molecular weight is 211 g/mol. The highest BCUT2D eigenvalue weighted by atomic mass is 16.5. The van der Waals surface area contributed by atoms with Gasteiger partial charge in [-0.05, 0) is 19.8 Å². The van der Waals surface area contributed by atoms with Gasteiger partial charge in [-0.2, -0.15) is 4.98 Å². The van der Waals surface area contributed by atoms with Crippen LogP contribution in [-0.2, 0) is 6.54 Å². The van der Waals surface area contributed by atoms with Crippen LogP contribution < -0.4 is 5.32 Å². The van der Waals surface area contributed by atoms with E-state index in [2.05, 4.69) is 43.2 Å². The van der Waals surface area contributed by atoms with Crippen molar-refractivity contribution in [2.45, 2.75) is 59.0 Å². The summed E-state index contributed by atoms with van der Waals surface area (Å²) >= 11 is 0. The molecule has 0 bridgehead atoms. The van der Waals surface area contributed by atoms with Crippen molar-refractivity contribution in [2.75, 3.05) is 0 Å². The minimum absolute atomic E-state index is 0.381. The van der Waals surface area contributed by atoms with Gasteiger partial charge in [0.1, 0.15) is 0 Å². The molecule has 1 heterocycles. The Balaban J connectivity index is 2.46. The van der Waals surface area contributed by atoms with Gasteiger partial charge >= 0.3 is 0 Å². The Labute approximate surface area is 91.5 Å². The summed E-state index contributed by atoms with van der Waals surface area (Å²) in [6, 6.07) is 0.490. The number of hydrogen-bond acceptors (Lipinski definition) is 4. The molecule has 0 aliphatic carbocycles. The molecule has 0 aliphatic rings. The molecule has 0 amide bonds. The van der Waals surface area contributed by atoms with Crippen LogP contribution in [0.1, 0.15) is 58.2 Å². The van der Waals surface area contributed by atoms with Gasteiger partial charge in [0.15, 0.2) is 5.82 Å². The molecule has 0 aromatic carbocycles. The SMILES string of the molecule is CCC(C)NCc1nc(C(C)CC)no1. The van der Waals surface area contributed by atoms with Crippen LogP contribution in [0, 0.1) is 0 Å². The maximum Gasteiger partial charge on any atom is 0.240 e. The molecule has 0 saturated heterocycles. The van der Waals surface area contributed by atoms with E-state index in [1.54, 1.807) is 0 Å². The van der Waals surface area contributed by atoms with Crippen LogP contribution in [0.15, 0.2) is 4.52 Å². The molecule has 0 saturated carbocycles. The van der Waals surface area contributed by atoms with Crippen molar-refractivity contribution >= 4 is 0 Å².